The van der Waals surface area contributed by atoms with Gasteiger partial charge in [0.2, 0.25) is 5.13 Å². The molecule has 1 amide bonds. The van der Waals surface area contributed by atoms with Crippen molar-refractivity contribution in [2.45, 2.75) is 27.2 Å². The molecule has 6 nitrogen and oxygen atoms in total. The van der Waals surface area contributed by atoms with Crippen molar-refractivity contribution < 1.29 is 4.79 Å². The van der Waals surface area contributed by atoms with Gasteiger partial charge in [-0.3, -0.25) is 15.1 Å². The fourth-order valence-corrected chi connectivity index (χ4v) is 3.98. The molecule has 1 N–H and O–H groups in total. The Kier molecular flexibility index (Phi) is 4.96. The van der Waals surface area contributed by atoms with E-state index in [-0.39, 0.29) is 5.91 Å². The van der Waals surface area contributed by atoms with Gasteiger partial charge in [-0.1, -0.05) is 31.3 Å². The van der Waals surface area contributed by atoms with Gasteiger partial charge in [-0.05, 0) is 25.0 Å². The first-order valence-corrected chi connectivity index (χ1v) is 9.19. The molecule has 0 atom stereocenters. The summed E-state index contributed by atoms with van der Waals surface area (Å²) in [5.41, 5.74) is 1.45. The van der Waals surface area contributed by atoms with Crippen LogP contribution in [0.5, 0.6) is 0 Å². The Hall–Kier alpha value is -2.19. The topological polar surface area (TPSA) is 80.7 Å². The number of anilines is 1. The molecule has 0 aliphatic heterocycles. The van der Waals surface area contributed by atoms with Gasteiger partial charge in [0.15, 0.2) is 0 Å². The monoisotopic (exact) mass is 359 g/mol. The van der Waals surface area contributed by atoms with Crippen molar-refractivity contribution in [2.75, 3.05) is 5.32 Å². The Morgan fingerprint density at radius 1 is 1.25 bits per heavy atom. The molecule has 24 heavy (non-hydrogen) atoms. The second kappa shape index (κ2) is 7.14. The summed E-state index contributed by atoms with van der Waals surface area (Å²) >= 11 is 2.74. The summed E-state index contributed by atoms with van der Waals surface area (Å²) in [6.45, 7) is 6.07. The summed E-state index contributed by atoms with van der Waals surface area (Å²) in [5.74, 6) is 0.297. The molecule has 3 aromatic rings. The highest BCUT2D eigenvalue weighted by molar-refractivity contribution is 7.17. The Morgan fingerprint density at radius 2 is 2.08 bits per heavy atom. The third kappa shape index (κ3) is 3.82. The van der Waals surface area contributed by atoms with Crippen LogP contribution in [0.25, 0.3) is 10.7 Å². The fraction of sp³-hybridized carbons (Fsp3) is 0.312. The first-order chi connectivity index (χ1) is 11.5. The first-order valence-electron chi connectivity index (χ1n) is 7.55. The van der Waals surface area contributed by atoms with Crippen molar-refractivity contribution in [3.63, 3.8) is 0 Å². The summed E-state index contributed by atoms with van der Waals surface area (Å²) in [6.07, 6.45) is 2.57. The van der Waals surface area contributed by atoms with Crippen LogP contribution >= 0.6 is 22.7 Å². The maximum Gasteiger partial charge on any atom is 0.269 e. The molecule has 3 rings (SSSR count). The lowest BCUT2D eigenvalue weighted by Gasteiger charge is -1.99. The predicted octanol–water partition coefficient (Wildman–Crippen LogP) is 3.82. The Labute approximate surface area is 148 Å². The maximum atomic E-state index is 12.5. The molecule has 0 aliphatic carbocycles. The van der Waals surface area contributed by atoms with Crippen molar-refractivity contribution in [2.24, 2.45) is 5.92 Å². The number of hydrogen-bond donors (Lipinski definition) is 1. The second-order valence-electron chi connectivity index (χ2n) is 5.70. The van der Waals surface area contributed by atoms with E-state index in [1.54, 1.807) is 6.20 Å². The SMILES string of the molecule is Cc1nc(-c2ccccn2)sc1C(=O)Nc1nnc(CC(C)C)s1. The van der Waals surface area contributed by atoms with E-state index in [9.17, 15) is 4.79 Å². The Bertz CT molecular complexity index is 841. The average Bonchev–Trinajstić information content (AvgIpc) is 3.14. The van der Waals surface area contributed by atoms with Crippen LogP contribution < -0.4 is 5.32 Å². The van der Waals surface area contributed by atoms with Crippen molar-refractivity contribution in [1.82, 2.24) is 20.2 Å². The van der Waals surface area contributed by atoms with Crippen molar-refractivity contribution in [1.29, 1.82) is 0 Å². The molecule has 124 valence electrons. The van der Waals surface area contributed by atoms with E-state index in [0.29, 0.717) is 21.6 Å². The molecule has 8 heteroatoms. The highest BCUT2D eigenvalue weighted by Gasteiger charge is 2.18. The van der Waals surface area contributed by atoms with E-state index in [1.165, 1.54) is 22.7 Å². The summed E-state index contributed by atoms with van der Waals surface area (Å²) in [5, 5.41) is 13.1. The van der Waals surface area contributed by atoms with Crippen LogP contribution in [0.15, 0.2) is 24.4 Å². The van der Waals surface area contributed by atoms with Crippen molar-refractivity contribution in [3.05, 3.63) is 40.0 Å². The number of nitrogens with one attached hydrogen (secondary N) is 1. The summed E-state index contributed by atoms with van der Waals surface area (Å²) in [4.78, 5) is 21.8. The fourth-order valence-electron chi connectivity index (χ4n) is 2.10. The molecule has 0 aromatic carbocycles. The zero-order valence-electron chi connectivity index (χ0n) is 13.6. The van der Waals surface area contributed by atoms with Gasteiger partial charge < -0.3 is 0 Å². The number of rotatable bonds is 5. The standard InChI is InChI=1S/C16H17N5OS2/c1-9(2)8-12-20-21-16(23-12)19-14(22)13-10(3)18-15(24-13)11-6-4-5-7-17-11/h4-7,9H,8H2,1-3H3,(H,19,21,22). The molecule has 0 fully saturated rings. The van der Waals surface area contributed by atoms with Crippen molar-refractivity contribution in [3.8, 4) is 10.7 Å². The minimum atomic E-state index is -0.209. The van der Waals surface area contributed by atoms with E-state index in [4.69, 9.17) is 0 Å². The molecule has 0 unspecified atom stereocenters. The van der Waals surface area contributed by atoms with Gasteiger partial charge in [-0.2, -0.15) is 0 Å². The Morgan fingerprint density at radius 3 is 2.79 bits per heavy atom. The molecule has 0 aliphatic rings. The van der Waals surface area contributed by atoms with E-state index < -0.39 is 0 Å². The average molecular weight is 359 g/mol. The molecule has 3 heterocycles. The minimum Gasteiger partial charge on any atom is -0.296 e. The number of nitrogens with zero attached hydrogens (tertiary/aromatic N) is 4. The van der Waals surface area contributed by atoms with Gasteiger partial charge in [0.1, 0.15) is 14.9 Å². The van der Waals surface area contributed by atoms with Gasteiger partial charge in [-0.15, -0.1) is 21.5 Å². The quantitative estimate of drug-likeness (QED) is 0.749. The molecular weight excluding hydrogens is 342 g/mol. The highest BCUT2D eigenvalue weighted by atomic mass is 32.1. The number of thiazole rings is 1. The number of aryl methyl sites for hydroxylation is 1. The molecular formula is C16H17N5OS2. The first kappa shape index (κ1) is 16.7. The van der Waals surface area contributed by atoms with Crippen LogP contribution in [-0.2, 0) is 6.42 Å². The smallest absolute Gasteiger partial charge is 0.269 e. The number of carbonyl (C=O) groups is 1. The molecule has 0 radical (unpaired) electrons. The van der Waals surface area contributed by atoms with Crippen LogP contribution in [0.3, 0.4) is 0 Å². The third-order valence-corrected chi connectivity index (χ3v) is 5.20. The van der Waals surface area contributed by atoms with Gasteiger partial charge in [0, 0.05) is 12.6 Å². The van der Waals surface area contributed by atoms with Gasteiger partial charge in [0.05, 0.1) is 11.4 Å². The van der Waals surface area contributed by atoms with Crippen molar-refractivity contribution >= 4 is 33.7 Å². The molecule has 0 bridgehead atoms. The number of carbonyl (C=O) groups excluding carboxylic acids is 1. The Balaban J connectivity index is 1.76. The summed E-state index contributed by atoms with van der Waals surface area (Å²) in [6, 6.07) is 5.63. The highest BCUT2D eigenvalue weighted by Crippen LogP contribution is 2.27. The lowest BCUT2D eigenvalue weighted by Crippen LogP contribution is -2.11. The molecule has 0 spiro atoms. The minimum absolute atomic E-state index is 0.209. The normalized spacial score (nSPS) is 11.0. The maximum absolute atomic E-state index is 12.5. The van der Waals surface area contributed by atoms with E-state index >= 15 is 0 Å². The summed E-state index contributed by atoms with van der Waals surface area (Å²) < 4.78 is 0. The lowest BCUT2D eigenvalue weighted by molar-refractivity contribution is 0.102. The third-order valence-electron chi connectivity index (χ3n) is 3.16. The van der Waals surface area contributed by atoms with Crippen LogP contribution in [0.4, 0.5) is 5.13 Å². The lowest BCUT2D eigenvalue weighted by atomic mass is 10.1. The number of aromatic nitrogens is 4. The van der Waals surface area contributed by atoms with E-state index in [1.807, 2.05) is 25.1 Å². The number of pyridine rings is 1. The van der Waals surface area contributed by atoms with E-state index in [0.717, 1.165) is 22.1 Å². The zero-order valence-corrected chi connectivity index (χ0v) is 15.2. The van der Waals surface area contributed by atoms with Crippen LogP contribution in [0.2, 0.25) is 0 Å². The van der Waals surface area contributed by atoms with Crippen LogP contribution in [-0.4, -0.2) is 26.1 Å². The largest absolute Gasteiger partial charge is 0.296 e. The van der Waals surface area contributed by atoms with Crippen LogP contribution in [0.1, 0.15) is 34.2 Å². The number of hydrogen-bond acceptors (Lipinski definition) is 7. The van der Waals surface area contributed by atoms with Gasteiger partial charge >= 0.3 is 0 Å². The second-order valence-corrected chi connectivity index (χ2v) is 7.76. The van der Waals surface area contributed by atoms with Crippen LogP contribution in [0, 0.1) is 12.8 Å². The molecule has 0 saturated carbocycles. The zero-order chi connectivity index (χ0) is 17.1. The van der Waals surface area contributed by atoms with Gasteiger partial charge in [0.25, 0.3) is 5.91 Å². The predicted molar refractivity (Wildman–Crippen MR) is 96.5 cm³/mol. The summed E-state index contributed by atoms with van der Waals surface area (Å²) in [7, 11) is 0. The van der Waals surface area contributed by atoms with E-state index in [2.05, 4.69) is 39.3 Å². The molecule has 0 saturated heterocycles. The number of amides is 1. The van der Waals surface area contributed by atoms with Gasteiger partial charge in [-0.25, -0.2) is 4.98 Å². The molecule has 3 aromatic heterocycles.